The van der Waals surface area contributed by atoms with Crippen molar-refractivity contribution in [3.05, 3.63) is 12.2 Å². The number of hydrogen-bond acceptors (Lipinski definition) is 2. The van der Waals surface area contributed by atoms with Gasteiger partial charge in [0.2, 0.25) is 0 Å². The highest BCUT2D eigenvalue weighted by molar-refractivity contribution is 5.87. The molecule has 0 aromatic rings. The summed E-state index contributed by atoms with van der Waals surface area (Å²) in [4.78, 5) is 13.6. The Hall–Kier alpha value is -0.830. The van der Waals surface area contributed by atoms with E-state index in [-0.39, 0.29) is 6.04 Å². The maximum Gasteiger partial charge on any atom is 0.332 e. The van der Waals surface area contributed by atoms with E-state index in [1.165, 1.54) is 38.5 Å². The van der Waals surface area contributed by atoms with Crippen molar-refractivity contribution >= 4 is 5.97 Å². The quantitative estimate of drug-likeness (QED) is 0.367. The van der Waals surface area contributed by atoms with Gasteiger partial charge in [0.05, 0.1) is 0 Å². The van der Waals surface area contributed by atoms with Gasteiger partial charge in [0, 0.05) is 11.6 Å². The van der Waals surface area contributed by atoms with Crippen LogP contribution in [0.1, 0.15) is 78.6 Å². The minimum absolute atomic E-state index is 0.00856. The van der Waals surface area contributed by atoms with Crippen molar-refractivity contribution in [3.63, 3.8) is 0 Å². The first-order valence-corrected chi connectivity index (χ1v) is 8.74. The lowest BCUT2D eigenvalue weighted by Crippen LogP contribution is -2.39. The van der Waals surface area contributed by atoms with Crippen LogP contribution in [0.3, 0.4) is 0 Å². The summed E-state index contributed by atoms with van der Waals surface area (Å²) < 4.78 is 0. The summed E-state index contributed by atoms with van der Waals surface area (Å²) >= 11 is 0. The molecule has 0 saturated heterocycles. The van der Waals surface area contributed by atoms with E-state index >= 15 is 0 Å². The number of nitrogens with zero attached hydrogens (tertiary/aromatic N) is 1. The standard InChI is InChI=1S/C18H35NO2/c1-5-8-10-12-14-19(15-13-11-9-6-2)17(7-3)16(4)18(20)21/h17H,4-15H2,1-3H3,(H,20,21). The van der Waals surface area contributed by atoms with Crippen LogP contribution in [0.4, 0.5) is 0 Å². The fourth-order valence-electron chi connectivity index (χ4n) is 2.77. The van der Waals surface area contributed by atoms with Gasteiger partial charge in [-0.05, 0) is 32.4 Å². The molecule has 0 aromatic carbocycles. The molecule has 0 spiro atoms. The number of carboxylic acids is 1. The second-order valence-electron chi connectivity index (χ2n) is 5.91. The van der Waals surface area contributed by atoms with E-state index in [0.29, 0.717) is 5.57 Å². The fourth-order valence-corrected chi connectivity index (χ4v) is 2.77. The summed E-state index contributed by atoms with van der Waals surface area (Å²) in [7, 11) is 0. The molecule has 1 N–H and O–H groups in total. The normalized spacial score (nSPS) is 12.6. The van der Waals surface area contributed by atoms with Crippen LogP contribution in [0.25, 0.3) is 0 Å². The zero-order valence-electron chi connectivity index (χ0n) is 14.4. The monoisotopic (exact) mass is 297 g/mol. The number of hydrogen-bond donors (Lipinski definition) is 1. The van der Waals surface area contributed by atoms with Crippen LogP contribution in [0.2, 0.25) is 0 Å². The highest BCUT2D eigenvalue weighted by Gasteiger charge is 2.23. The van der Waals surface area contributed by atoms with E-state index < -0.39 is 5.97 Å². The minimum Gasteiger partial charge on any atom is -0.478 e. The molecule has 0 radical (unpaired) electrons. The third kappa shape index (κ3) is 8.92. The predicted octanol–water partition coefficient (Wildman–Crippen LogP) is 4.87. The van der Waals surface area contributed by atoms with Gasteiger partial charge in [-0.3, -0.25) is 4.90 Å². The third-order valence-corrected chi connectivity index (χ3v) is 4.10. The molecule has 1 atom stereocenters. The Morgan fingerprint density at radius 1 is 0.952 bits per heavy atom. The topological polar surface area (TPSA) is 40.5 Å². The van der Waals surface area contributed by atoms with Crippen molar-refractivity contribution in [3.8, 4) is 0 Å². The summed E-state index contributed by atoms with van der Waals surface area (Å²) in [5.41, 5.74) is 0.350. The first-order valence-electron chi connectivity index (χ1n) is 8.74. The molecule has 0 aliphatic heterocycles. The third-order valence-electron chi connectivity index (χ3n) is 4.10. The van der Waals surface area contributed by atoms with Crippen LogP contribution in [-0.4, -0.2) is 35.1 Å². The van der Waals surface area contributed by atoms with Gasteiger partial charge >= 0.3 is 5.97 Å². The van der Waals surface area contributed by atoms with Gasteiger partial charge in [-0.25, -0.2) is 4.79 Å². The van der Waals surface area contributed by atoms with Gasteiger partial charge in [0.1, 0.15) is 0 Å². The van der Waals surface area contributed by atoms with Crippen molar-refractivity contribution in [2.45, 2.75) is 84.6 Å². The van der Waals surface area contributed by atoms with Crippen molar-refractivity contribution in [1.82, 2.24) is 4.90 Å². The minimum atomic E-state index is -0.853. The van der Waals surface area contributed by atoms with Gasteiger partial charge in [-0.2, -0.15) is 0 Å². The molecule has 0 bridgehead atoms. The van der Waals surface area contributed by atoms with Crippen LogP contribution < -0.4 is 0 Å². The maximum absolute atomic E-state index is 11.2. The van der Waals surface area contributed by atoms with Crippen LogP contribution in [0, 0.1) is 0 Å². The smallest absolute Gasteiger partial charge is 0.332 e. The lowest BCUT2D eigenvalue weighted by atomic mass is 10.0. The number of aliphatic carboxylic acids is 1. The Bertz CT molecular complexity index is 277. The summed E-state index contributed by atoms with van der Waals surface area (Å²) in [6.07, 6.45) is 10.6. The lowest BCUT2D eigenvalue weighted by Gasteiger charge is -2.31. The lowest BCUT2D eigenvalue weighted by molar-refractivity contribution is -0.133. The zero-order valence-corrected chi connectivity index (χ0v) is 14.4. The first-order chi connectivity index (χ1) is 10.1. The summed E-state index contributed by atoms with van der Waals surface area (Å²) in [5, 5.41) is 9.23. The van der Waals surface area contributed by atoms with Crippen molar-refractivity contribution in [1.29, 1.82) is 0 Å². The van der Waals surface area contributed by atoms with Crippen LogP contribution in [-0.2, 0) is 4.79 Å². The maximum atomic E-state index is 11.2. The highest BCUT2D eigenvalue weighted by Crippen LogP contribution is 2.16. The molecule has 3 nitrogen and oxygen atoms in total. The molecule has 3 heteroatoms. The molecule has 0 fully saturated rings. The highest BCUT2D eigenvalue weighted by atomic mass is 16.4. The Balaban J connectivity index is 4.50. The van der Waals surface area contributed by atoms with E-state index in [0.717, 1.165) is 32.4 Å². The molecule has 0 amide bonds. The van der Waals surface area contributed by atoms with E-state index in [2.05, 4.69) is 32.3 Å². The van der Waals surface area contributed by atoms with Gasteiger partial charge in [-0.15, -0.1) is 0 Å². The van der Waals surface area contributed by atoms with Gasteiger partial charge < -0.3 is 5.11 Å². The molecule has 0 heterocycles. The molecule has 0 rings (SSSR count). The van der Waals surface area contributed by atoms with Gasteiger partial charge in [0.25, 0.3) is 0 Å². The van der Waals surface area contributed by atoms with E-state index in [9.17, 15) is 9.90 Å². The average molecular weight is 297 g/mol. The number of unbranched alkanes of at least 4 members (excludes halogenated alkanes) is 6. The summed E-state index contributed by atoms with van der Waals surface area (Å²) in [6.45, 7) is 12.3. The Kier molecular flexibility index (Phi) is 12.4. The number of carbonyl (C=O) groups is 1. The van der Waals surface area contributed by atoms with Gasteiger partial charge in [-0.1, -0.05) is 65.9 Å². The van der Waals surface area contributed by atoms with Crippen LogP contribution >= 0.6 is 0 Å². The second kappa shape index (κ2) is 12.9. The Morgan fingerprint density at radius 3 is 1.76 bits per heavy atom. The second-order valence-corrected chi connectivity index (χ2v) is 5.91. The molecule has 21 heavy (non-hydrogen) atoms. The van der Waals surface area contributed by atoms with E-state index in [4.69, 9.17) is 0 Å². The molecular formula is C18H35NO2. The van der Waals surface area contributed by atoms with E-state index in [1.54, 1.807) is 0 Å². The zero-order chi connectivity index (χ0) is 16.1. The number of carboxylic acid groups (broad SMARTS) is 1. The predicted molar refractivity (Wildman–Crippen MR) is 90.7 cm³/mol. The van der Waals surface area contributed by atoms with Crippen LogP contribution in [0.15, 0.2) is 12.2 Å². The molecule has 0 saturated carbocycles. The molecule has 0 aromatic heterocycles. The Labute approximate surface area is 131 Å². The average Bonchev–Trinajstić information content (AvgIpc) is 2.47. The molecule has 0 aliphatic carbocycles. The largest absolute Gasteiger partial charge is 0.478 e. The molecule has 1 unspecified atom stereocenters. The SMILES string of the molecule is C=C(C(=O)O)C(CC)N(CCCCCC)CCCCCC. The van der Waals surface area contributed by atoms with E-state index in [1.807, 2.05) is 0 Å². The number of rotatable bonds is 14. The van der Waals surface area contributed by atoms with Crippen molar-refractivity contribution in [2.75, 3.05) is 13.1 Å². The Morgan fingerprint density at radius 2 is 1.43 bits per heavy atom. The van der Waals surface area contributed by atoms with Crippen LogP contribution in [0.5, 0.6) is 0 Å². The van der Waals surface area contributed by atoms with Gasteiger partial charge in [0.15, 0.2) is 0 Å². The summed E-state index contributed by atoms with van der Waals surface area (Å²) in [5.74, 6) is -0.853. The first kappa shape index (κ1) is 20.2. The molecular weight excluding hydrogens is 262 g/mol. The molecule has 124 valence electrons. The van der Waals surface area contributed by atoms with Crippen molar-refractivity contribution in [2.24, 2.45) is 0 Å². The fraction of sp³-hybridized carbons (Fsp3) is 0.833. The van der Waals surface area contributed by atoms with Crippen molar-refractivity contribution < 1.29 is 9.90 Å². The summed E-state index contributed by atoms with van der Waals surface area (Å²) in [6, 6.07) is -0.00856. The molecule has 0 aliphatic rings.